The predicted octanol–water partition coefficient (Wildman–Crippen LogP) is 1.26. The average Bonchev–Trinajstić information content (AvgIpc) is 2.69. The molecule has 1 rings (SSSR count). The van der Waals surface area contributed by atoms with E-state index in [1.165, 1.54) is 11.8 Å². The predicted molar refractivity (Wildman–Crippen MR) is 65.0 cm³/mol. The van der Waals surface area contributed by atoms with Crippen molar-refractivity contribution in [3.63, 3.8) is 0 Å². The molecule has 1 unspecified atom stereocenters. The lowest BCUT2D eigenvalue weighted by Crippen LogP contribution is -2.42. The maximum absolute atomic E-state index is 12.4. The fraction of sp³-hybridized carbons (Fsp3) is 0.444. The monoisotopic (exact) mass is 333 g/mol. The summed E-state index contributed by atoms with van der Waals surface area (Å²) in [6.45, 7) is 0.651. The van der Waals surface area contributed by atoms with Gasteiger partial charge in [-0.2, -0.15) is 17.9 Å². The third kappa shape index (κ3) is 3.44. The Morgan fingerprint density at radius 2 is 2.00 bits per heavy atom. The third-order valence-corrected chi connectivity index (χ3v) is 4.42. The molecule has 1 aromatic heterocycles. The quantitative estimate of drug-likeness (QED) is 0.774. The first kappa shape index (κ1) is 16.8. The van der Waals surface area contributed by atoms with E-state index in [1.54, 1.807) is 0 Å². The number of hydrogen-bond donors (Lipinski definition) is 3. The number of aromatic amines is 1. The molecule has 1 aromatic rings. The zero-order valence-electron chi connectivity index (χ0n) is 10.3. The van der Waals surface area contributed by atoms with Crippen LogP contribution >= 0.6 is 11.6 Å². The summed E-state index contributed by atoms with van der Waals surface area (Å²) < 4.78 is 62.1. The van der Waals surface area contributed by atoms with Gasteiger partial charge in [0.1, 0.15) is 16.6 Å². The van der Waals surface area contributed by atoms with E-state index < -0.39 is 38.1 Å². The fourth-order valence-electron chi connectivity index (χ4n) is 1.24. The van der Waals surface area contributed by atoms with Crippen molar-refractivity contribution in [3.8, 4) is 0 Å². The van der Waals surface area contributed by atoms with Gasteiger partial charge in [-0.15, -0.1) is 0 Å². The number of carbonyl (C=O) groups is 1. The summed E-state index contributed by atoms with van der Waals surface area (Å²) in [5, 5.41) is 1.72. The Labute approximate surface area is 117 Å². The van der Waals surface area contributed by atoms with Gasteiger partial charge >= 0.3 is 6.18 Å². The number of amides is 1. The summed E-state index contributed by atoms with van der Waals surface area (Å²) in [5.74, 6) is -0.694. The van der Waals surface area contributed by atoms with Gasteiger partial charge in [-0.05, 0) is 6.92 Å². The summed E-state index contributed by atoms with van der Waals surface area (Å²) in [7, 11) is -3.22. The Bertz CT molecular complexity index is 612. The van der Waals surface area contributed by atoms with Crippen LogP contribution in [0, 0.1) is 0 Å². The van der Waals surface area contributed by atoms with Gasteiger partial charge in [0.05, 0.1) is 5.02 Å². The van der Waals surface area contributed by atoms with Crippen molar-refractivity contribution < 1.29 is 26.4 Å². The molecule has 0 aliphatic rings. The molecule has 20 heavy (non-hydrogen) atoms. The molecule has 1 atom stereocenters. The number of aromatic nitrogens is 1. The minimum atomic E-state index is -4.74. The largest absolute Gasteiger partial charge is 0.404 e. The summed E-state index contributed by atoms with van der Waals surface area (Å²) in [4.78, 5) is 13.0. The summed E-state index contributed by atoms with van der Waals surface area (Å²) in [6.07, 6.45) is -3.89. The molecule has 0 aromatic carbocycles. The Hall–Kier alpha value is -1.26. The van der Waals surface area contributed by atoms with E-state index in [-0.39, 0.29) is 5.69 Å². The lowest BCUT2D eigenvalue weighted by Gasteiger charge is -2.16. The van der Waals surface area contributed by atoms with Crippen LogP contribution in [-0.2, 0) is 10.0 Å². The van der Waals surface area contributed by atoms with E-state index in [0.717, 1.165) is 6.20 Å². The second-order valence-corrected chi connectivity index (χ2v) is 5.87. The van der Waals surface area contributed by atoms with Crippen LogP contribution in [0.5, 0.6) is 0 Å². The smallest absolute Gasteiger partial charge is 0.355 e. The van der Waals surface area contributed by atoms with E-state index in [4.69, 9.17) is 11.6 Å². The highest BCUT2D eigenvalue weighted by Crippen LogP contribution is 2.27. The lowest BCUT2D eigenvalue weighted by molar-refractivity contribution is -0.147. The Morgan fingerprint density at radius 1 is 1.45 bits per heavy atom. The summed E-state index contributed by atoms with van der Waals surface area (Å²) >= 11 is 5.69. The number of sulfonamides is 1. The van der Waals surface area contributed by atoms with E-state index in [0.29, 0.717) is 6.92 Å². The van der Waals surface area contributed by atoms with Crippen LogP contribution in [-0.4, -0.2) is 38.6 Å². The van der Waals surface area contributed by atoms with Gasteiger partial charge in [0.2, 0.25) is 10.0 Å². The molecular weight excluding hydrogens is 323 g/mol. The number of H-pyrrole nitrogens is 1. The molecular formula is C9H11ClF3N3O3S. The van der Waals surface area contributed by atoms with E-state index in [2.05, 4.69) is 10.3 Å². The average molecular weight is 334 g/mol. The van der Waals surface area contributed by atoms with Gasteiger partial charge < -0.3 is 10.3 Å². The number of carbonyl (C=O) groups excluding carboxylic acids is 1. The van der Waals surface area contributed by atoms with Crippen LogP contribution < -0.4 is 10.0 Å². The normalized spacial score (nSPS) is 14.1. The minimum Gasteiger partial charge on any atom is -0.355 e. The first-order chi connectivity index (χ1) is 9.00. The molecule has 0 saturated heterocycles. The second-order valence-electron chi connectivity index (χ2n) is 3.81. The number of rotatable bonds is 4. The first-order valence-electron chi connectivity index (χ1n) is 5.18. The molecule has 0 spiro atoms. The molecule has 1 amide bonds. The molecule has 0 bridgehead atoms. The number of alkyl halides is 3. The van der Waals surface area contributed by atoms with Crippen LogP contribution in [0.2, 0.25) is 5.02 Å². The summed E-state index contributed by atoms with van der Waals surface area (Å²) in [6, 6.07) is -2.29. The second kappa shape index (κ2) is 5.62. The Morgan fingerprint density at radius 3 is 2.45 bits per heavy atom. The first-order valence-corrected chi connectivity index (χ1v) is 7.04. The maximum atomic E-state index is 12.4. The van der Waals surface area contributed by atoms with Crippen LogP contribution in [0.4, 0.5) is 13.2 Å². The molecule has 1 heterocycles. The van der Waals surface area contributed by atoms with Crippen molar-refractivity contribution in [2.24, 2.45) is 0 Å². The van der Waals surface area contributed by atoms with Gasteiger partial charge in [-0.3, -0.25) is 4.79 Å². The van der Waals surface area contributed by atoms with Crippen molar-refractivity contribution in [2.75, 3.05) is 7.05 Å². The standard InChI is InChI=1S/C9H11ClF3N3O3S/c1-4(9(11,12)13)16-20(18,19)5-3-15-7(6(5)10)8(17)14-2/h3-4,15-16H,1-2H3,(H,14,17). The molecule has 0 radical (unpaired) electrons. The van der Waals surface area contributed by atoms with E-state index >= 15 is 0 Å². The number of nitrogens with one attached hydrogen (secondary N) is 3. The molecule has 3 N–H and O–H groups in total. The highest BCUT2D eigenvalue weighted by Gasteiger charge is 2.39. The van der Waals surface area contributed by atoms with Gasteiger partial charge in [-0.1, -0.05) is 11.6 Å². The van der Waals surface area contributed by atoms with Crippen LogP contribution in [0.15, 0.2) is 11.1 Å². The van der Waals surface area contributed by atoms with Crippen molar-refractivity contribution in [3.05, 3.63) is 16.9 Å². The molecule has 0 aliphatic heterocycles. The molecule has 11 heteroatoms. The highest BCUT2D eigenvalue weighted by molar-refractivity contribution is 7.89. The Balaban J connectivity index is 3.12. The lowest BCUT2D eigenvalue weighted by atomic mass is 10.4. The molecule has 114 valence electrons. The van der Waals surface area contributed by atoms with Gasteiger partial charge in [-0.25, -0.2) is 8.42 Å². The van der Waals surface area contributed by atoms with Crippen molar-refractivity contribution in [2.45, 2.75) is 24.0 Å². The van der Waals surface area contributed by atoms with E-state index in [9.17, 15) is 26.4 Å². The molecule has 0 saturated carbocycles. The topological polar surface area (TPSA) is 91.1 Å². The highest BCUT2D eigenvalue weighted by atomic mass is 35.5. The zero-order chi connectivity index (χ0) is 15.7. The van der Waals surface area contributed by atoms with Crippen molar-refractivity contribution in [1.82, 2.24) is 15.0 Å². The van der Waals surface area contributed by atoms with Gasteiger partial charge in [0.25, 0.3) is 5.91 Å². The van der Waals surface area contributed by atoms with E-state index in [1.807, 2.05) is 0 Å². The van der Waals surface area contributed by atoms with Crippen LogP contribution in [0.25, 0.3) is 0 Å². The zero-order valence-corrected chi connectivity index (χ0v) is 11.9. The SMILES string of the molecule is CNC(=O)c1[nH]cc(S(=O)(=O)NC(C)C(F)(F)F)c1Cl. The van der Waals surface area contributed by atoms with Gasteiger partial charge in [0.15, 0.2) is 0 Å². The molecule has 0 aliphatic carbocycles. The molecule has 6 nitrogen and oxygen atoms in total. The summed E-state index contributed by atoms with van der Waals surface area (Å²) in [5.41, 5.74) is -0.255. The minimum absolute atomic E-state index is 0.255. The molecule has 0 fully saturated rings. The van der Waals surface area contributed by atoms with Gasteiger partial charge in [0, 0.05) is 13.2 Å². The maximum Gasteiger partial charge on any atom is 0.404 e. The number of hydrogen-bond acceptors (Lipinski definition) is 3. The van der Waals surface area contributed by atoms with Crippen molar-refractivity contribution >= 4 is 27.5 Å². The van der Waals surface area contributed by atoms with Crippen LogP contribution in [0.1, 0.15) is 17.4 Å². The Kier molecular flexibility index (Phi) is 4.72. The van der Waals surface area contributed by atoms with Crippen molar-refractivity contribution in [1.29, 1.82) is 0 Å². The van der Waals surface area contributed by atoms with Crippen LogP contribution in [0.3, 0.4) is 0 Å². The third-order valence-electron chi connectivity index (χ3n) is 2.35. The fourth-order valence-corrected chi connectivity index (χ4v) is 3.01. The number of halogens is 4.